The van der Waals surface area contributed by atoms with Crippen molar-refractivity contribution in [2.45, 2.75) is 6.54 Å². The van der Waals surface area contributed by atoms with Gasteiger partial charge < -0.3 is 10.0 Å². The lowest BCUT2D eigenvalue weighted by Crippen LogP contribution is -2.16. The molecular weight excluding hydrogens is 462 g/mol. The molecule has 0 spiro atoms. The number of hydrazone groups is 1. The molecule has 0 saturated heterocycles. The van der Waals surface area contributed by atoms with Crippen LogP contribution < -0.4 is 10.3 Å². The van der Waals surface area contributed by atoms with Crippen molar-refractivity contribution in [1.82, 2.24) is 0 Å². The van der Waals surface area contributed by atoms with Crippen molar-refractivity contribution in [1.29, 1.82) is 0 Å². The number of nitro groups is 2. The number of nitrogens with zero attached hydrogens (tertiary/aromatic N) is 4. The summed E-state index contributed by atoms with van der Waals surface area (Å²) in [5, 5.41) is 37.2. The molecule has 0 bridgehead atoms. The summed E-state index contributed by atoms with van der Waals surface area (Å²) in [6.45, 7) is 0.378. The predicted octanol–water partition coefficient (Wildman–Crippen LogP) is 5.99. The minimum absolute atomic E-state index is 0.0121. The van der Waals surface area contributed by atoms with Gasteiger partial charge in [-0.2, -0.15) is 5.10 Å². The Morgan fingerprint density at radius 3 is 2.06 bits per heavy atom. The predicted molar refractivity (Wildman–Crippen MR) is 138 cm³/mol. The largest absolute Gasteiger partial charge is 0.507 e. The van der Waals surface area contributed by atoms with E-state index in [1.165, 1.54) is 12.3 Å². The summed E-state index contributed by atoms with van der Waals surface area (Å²) in [5.41, 5.74) is 4.58. The van der Waals surface area contributed by atoms with E-state index in [-0.39, 0.29) is 11.4 Å². The standard InChI is InChI=1S/C26H21N5O5/c32-26-19(17-27-28-24-15-14-23(30(33)34)16-25(24)31(35)36)8-7-9-20(26)18-29(21-10-3-1-4-11-21)22-12-5-2-6-13-22/h1-17,28,32H,18H2/b27-17+. The molecule has 0 amide bonds. The summed E-state index contributed by atoms with van der Waals surface area (Å²) in [5.74, 6) is 0.0121. The number of hydrogen-bond acceptors (Lipinski definition) is 8. The quantitative estimate of drug-likeness (QED) is 0.169. The normalized spacial score (nSPS) is 10.8. The molecule has 0 aromatic heterocycles. The highest BCUT2D eigenvalue weighted by Crippen LogP contribution is 2.31. The molecule has 0 unspecified atom stereocenters. The zero-order valence-electron chi connectivity index (χ0n) is 18.9. The van der Waals surface area contributed by atoms with Crippen molar-refractivity contribution in [3.63, 3.8) is 0 Å². The van der Waals surface area contributed by atoms with E-state index in [1.54, 1.807) is 18.2 Å². The molecule has 0 aliphatic rings. The molecule has 0 radical (unpaired) electrons. The van der Waals surface area contributed by atoms with E-state index < -0.39 is 21.2 Å². The molecule has 10 nitrogen and oxygen atoms in total. The summed E-state index contributed by atoms with van der Waals surface area (Å²) in [6.07, 6.45) is 1.33. The van der Waals surface area contributed by atoms with E-state index in [1.807, 2.05) is 60.7 Å². The molecule has 2 N–H and O–H groups in total. The maximum Gasteiger partial charge on any atom is 0.301 e. The van der Waals surface area contributed by atoms with Crippen LogP contribution in [-0.2, 0) is 6.54 Å². The monoisotopic (exact) mass is 483 g/mol. The zero-order chi connectivity index (χ0) is 25.5. The van der Waals surface area contributed by atoms with Crippen LogP contribution in [0, 0.1) is 20.2 Å². The fraction of sp³-hybridized carbons (Fsp3) is 0.0385. The number of aromatic hydroxyl groups is 1. The lowest BCUT2D eigenvalue weighted by Gasteiger charge is -2.25. The number of para-hydroxylation sites is 3. The van der Waals surface area contributed by atoms with Gasteiger partial charge in [-0.3, -0.25) is 25.7 Å². The second kappa shape index (κ2) is 10.8. The van der Waals surface area contributed by atoms with Crippen LogP contribution in [0.2, 0.25) is 0 Å². The number of phenolic OH excluding ortho intramolecular Hbond substituents is 1. The molecule has 36 heavy (non-hydrogen) atoms. The van der Waals surface area contributed by atoms with Crippen LogP contribution in [0.1, 0.15) is 11.1 Å². The zero-order valence-corrected chi connectivity index (χ0v) is 18.9. The van der Waals surface area contributed by atoms with Gasteiger partial charge in [0.15, 0.2) is 0 Å². The highest BCUT2D eigenvalue weighted by Gasteiger charge is 2.19. The van der Waals surface area contributed by atoms with Crippen molar-refractivity contribution in [2.75, 3.05) is 10.3 Å². The van der Waals surface area contributed by atoms with Crippen LogP contribution in [0.4, 0.5) is 28.4 Å². The topological polar surface area (TPSA) is 134 Å². The van der Waals surface area contributed by atoms with Crippen molar-refractivity contribution in [2.24, 2.45) is 5.10 Å². The molecule has 0 atom stereocenters. The molecule has 0 aliphatic carbocycles. The molecule has 0 aliphatic heterocycles. The van der Waals surface area contributed by atoms with Gasteiger partial charge in [0, 0.05) is 28.6 Å². The highest BCUT2D eigenvalue weighted by atomic mass is 16.6. The molecule has 180 valence electrons. The first-order chi connectivity index (χ1) is 17.4. The Morgan fingerprint density at radius 2 is 1.47 bits per heavy atom. The summed E-state index contributed by atoms with van der Waals surface area (Å²) in [4.78, 5) is 22.8. The van der Waals surface area contributed by atoms with Crippen molar-refractivity contribution in [3.05, 3.63) is 128 Å². The van der Waals surface area contributed by atoms with Gasteiger partial charge in [0.2, 0.25) is 0 Å². The van der Waals surface area contributed by atoms with Crippen LogP contribution in [0.3, 0.4) is 0 Å². The number of non-ortho nitro benzene ring substituents is 1. The molecule has 4 rings (SSSR count). The van der Waals surface area contributed by atoms with Gasteiger partial charge in [0.1, 0.15) is 11.4 Å². The molecular formula is C26H21N5O5. The number of benzene rings is 4. The van der Waals surface area contributed by atoms with E-state index in [0.717, 1.165) is 23.5 Å². The lowest BCUT2D eigenvalue weighted by atomic mass is 10.1. The molecule has 4 aromatic carbocycles. The molecule has 0 heterocycles. The third kappa shape index (κ3) is 5.45. The number of nitrogens with one attached hydrogen (secondary N) is 1. The van der Waals surface area contributed by atoms with Crippen LogP contribution >= 0.6 is 0 Å². The van der Waals surface area contributed by atoms with Crippen molar-refractivity contribution < 1.29 is 15.0 Å². The maximum absolute atomic E-state index is 11.3. The number of hydrogen-bond donors (Lipinski definition) is 2. The first kappa shape index (κ1) is 23.9. The second-order valence-electron chi connectivity index (χ2n) is 7.70. The average Bonchev–Trinajstić information content (AvgIpc) is 2.90. The van der Waals surface area contributed by atoms with Gasteiger partial charge >= 0.3 is 5.69 Å². The first-order valence-electron chi connectivity index (χ1n) is 10.8. The van der Waals surface area contributed by atoms with Crippen LogP contribution in [0.15, 0.2) is 102 Å². The fourth-order valence-corrected chi connectivity index (χ4v) is 3.61. The van der Waals surface area contributed by atoms with Crippen LogP contribution in [0.25, 0.3) is 0 Å². The van der Waals surface area contributed by atoms with E-state index in [2.05, 4.69) is 15.4 Å². The highest BCUT2D eigenvalue weighted by molar-refractivity contribution is 5.85. The minimum atomic E-state index is -0.731. The van der Waals surface area contributed by atoms with Gasteiger partial charge in [-0.05, 0) is 36.4 Å². The van der Waals surface area contributed by atoms with Gasteiger partial charge in [0.05, 0.1) is 28.7 Å². The second-order valence-corrected chi connectivity index (χ2v) is 7.70. The van der Waals surface area contributed by atoms with Crippen LogP contribution in [-0.4, -0.2) is 21.2 Å². The maximum atomic E-state index is 11.3. The Bertz CT molecular complexity index is 1370. The summed E-state index contributed by atoms with van der Waals surface area (Å²) in [7, 11) is 0. The Balaban J connectivity index is 1.58. The summed E-state index contributed by atoms with van der Waals surface area (Å²) in [6, 6.07) is 28.0. The molecule has 4 aromatic rings. The Kier molecular flexibility index (Phi) is 7.16. The average molecular weight is 483 g/mol. The van der Waals surface area contributed by atoms with Gasteiger partial charge in [-0.25, -0.2) is 0 Å². The minimum Gasteiger partial charge on any atom is -0.507 e. The smallest absolute Gasteiger partial charge is 0.301 e. The number of phenols is 1. The van der Waals surface area contributed by atoms with Gasteiger partial charge in [-0.1, -0.05) is 48.5 Å². The lowest BCUT2D eigenvalue weighted by molar-refractivity contribution is -0.393. The molecule has 0 fully saturated rings. The van der Waals surface area contributed by atoms with E-state index >= 15 is 0 Å². The third-order valence-electron chi connectivity index (χ3n) is 5.39. The van der Waals surface area contributed by atoms with Crippen molar-refractivity contribution in [3.8, 4) is 5.75 Å². The number of rotatable bonds is 9. The number of nitro benzene ring substituents is 2. The van der Waals surface area contributed by atoms with E-state index in [4.69, 9.17) is 0 Å². The SMILES string of the molecule is O=[N+]([O-])c1ccc(N/N=C/c2cccc(CN(c3ccccc3)c3ccccc3)c2O)c([N+](=O)[O-])c1. The molecule has 10 heteroatoms. The summed E-state index contributed by atoms with van der Waals surface area (Å²) >= 11 is 0. The third-order valence-corrected chi connectivity index (χ3v) is 5.39. The van der Waals surface area contributed by atoms with Gasteiger partial charge in [-0.15, -0.1) is 0 Å². The van der Waals surface area contributed by atoms with E-state index in [9.17, 15) is 25.3 Å². The Labute approximate surface area is 206 Å². The fourth-order valence-electron chi connectivity index (χ4n) is 3.61. The number of anilines is 3. The van der Waals surface area contributed by atoms with Crippen LogP contribution in [0.5, 0.6) is 5.75 Å². The Hall–Kier alpha value is -5.25. The van der Waals surface area contributed by atoms with E-state index in [0.29, 0.717) is 17.7 Å². The molecule has 0 saturated carbocycles. The van der Waals surface area contributed by atoms with Crippen molar-refractivity contribution >= 4 is 34.7 Å². The first-order valence-corrected chi connectivity index (χ1v) is 10.8. The van der Waals surface area contributed by atoms with Gasteiger partial charge in [0.25, 0.3) is 5.69 Å². The Morgan fingerprint density at radius 1 is 0.833 bits per heavy atom. The summed E-state index contributed by atoms with van der Waals surface area (Å²) < 4.78 is 0.